The van der Waals surface area contributed by atoms with E-state index >= 15 is 0 Å². The summed E-state index contributed by atoms with van der Waals surface area (Å²) >= 11 is 0. The molecule has 1 heterocycles. The van der Waals surface area contributed by atoms with Crippen LogP contribution in [0.5, 0.6) is 0 Å². The van der Waals surface area contributed by atoms with Gasteiger partial charge in [-0.3, -0.25) is 0 Å². The van der Waals surface area contributed by atoms with Gasteiger partial charge in [0.2, 0.25) is 0 Å². The first-order valence-electron chi connectivity index (χ1n) is 6.29. The van der Waals surface area contributed by atoms with Gasteiger partial charge in [-0.05, 0) is 44.2 Å². The van der Waals surface area contributed by atoms with E-state index in [1.807, 2.05) is 7.05 Å². The molecule has 1 N–H and O–H groups in total. The number of sulfone groups is 1. The molecule has 0 bridgehead atoms. The Kier molecular flexibility index (Phi) is 5.25. The first-order valence-corrected chi connectivity index (χ1v) is 8.11. The smallest absolute Gasteiger partial charge is 0.150 e. The van der Waals surface area contributed by atoms with Crippen LogP contribution in [0.2, 0.25) is 0 Å². The number of rotatable bonds is 6. The largest absolute Gasteiger partial charge is 0.319 e. The Morgan fingerprint density at radius 2 is 2.00 bits per heavy atom. The highest BCUT2D eigenvalue weighted by Crippen LogP contribution is 2.29. The lowest BCUT2D eigenvalue weighted by Gasteiger charge is -2.23. The van der Waals surface area contributed by atoms with Crippen molar-refractivity contribution < 1.29 is 8.42 Å². The molecule has 2 unspecified atom stereocenters. The fraction of sp³-hybridized carbons (Fsp3) is 1.00. The van der Waals surface area contributed by atoms with Gasteiger partial charge >= 0.3 is 0 Å². The summed E-state index contributed by atoms with van der Waals surface area (Å²) < 4.78 is 22.9. The van der Waals surface area contributed by atoms with Crippen LogP contribution in [0.3, 0.4) is 0 Å². The molecule has 0 aromatic carbocycles. The van der Waals surface area contributed by atoms with Gasteiger partial charge in [-0.15, -0.1) is 0 Å². The van der Waals surface area contributed by atoms with Crippen LogP contribution in [-0.4, -0.2) is 33.5 Å². The molecule has 0 aromatic heterocycles. The predicted molar refractivity (Wildman–Crippen MR) is 68.2 cm³/mol. The fourth-order valence-electron chi connectivity index (χ4n) is 2.51. The highest BCUT2D eigenvalue weighted by atomic mass is 32.2. The molecule has 0 spiro atoms. The Morgan fingerprint density at radius 1 is 1.31 bits per heavy atom. The van der Waals surface area contributed by atoms with E-state index < -0.39 is 9.84 Å². The SMILES string of the molecule is CNCC(CCC(C)C)C1CCS(=O)(=O)C1. The summed E-state index contributed by atoms with van der Waals surface area (Å²) in [6.45, 7) is 5.40. The van der Waals surface area contributed by atoms with E-state index in [4.69, 9.17) is 0 Å². The highest BCUT2D eigenvalue weighted by Gasteiger charge is 2.32. The van der Waals surface area contributed by atoms with Crippen LogP contribution in [0.15, 0.2) is 0 Å². The summed E-state index contributed by atoms with van der Waals surface area (Å²) in [7, 11) is -0.775. The molecular weight excluding hydrogens is 222 g/mol. The van der Waals surface area contributed by atoms with Crippen LogP contribution in [0, 0.1) is 17.8 Å². The van der Waals surface area contributed by atoms with Crippen LogP contribution in [0.25, 0.3) is 0 Å². The summed E-state index contributed by atoms with van der Waals surface area (Å²) in [4.78, 5) is 0. The Balaban J connectivity index is 2.50. The topological polar surface area (TPSA) is 46.2 Å². The zero-order valence-electron chi connectivity index (χ0n) is 10.7. The van der Waals surface area contributed by atoms with Gasteiger partial charge in [0.25, 0.3) is 0 Å². The van der Waals surface area contributed by atoms with Gasteiger partial charge in [0, 0.05) is 0 Å². The van der Waals surface area contributed by atoms with Crippen molar-refractivity contribution >= 4 is 9.84 Å². The first-order chi connectivity index (χ1) is 7.44. The molecule has 0 saturated carbocycles. The molecule has 96 valence electrons. The van der Waals surface area contributed by atoms with Crippen LogP contribution >= 0.6 is 0 Å². The lowest BCUT2D eigenvalue weighted by molar-refractivity contribution is 0.310. The van der Waals surface area contributed by atoms with Crippen molar-refractivity contribution in [1.29, 1.82) is 0 Å². The molecule has 1 aliphatic rings. The van der Waals surface area contributed by atoms with E-state index in [0.29, 0.717) is 29.3 Å². The Bertz CT molecular complexity index is 298. The second-order valence-corrected chi connectivity index (χ2v) is 7.68. The van der Waals surface area contributed by atoms with Crippen LogP contribution in [0.4, 0.5) is 0 Å². The summed E-state index contributed by atoms with van der Waals surface area (Å²) in [6, 6.07) is 0. The lowest BCUT2D eigenvalue weighted by atomic mass is 9.86. The normalized spacial score (nSPS) is 26.1. The monoisotopic (exact) mass is 247 g/mol. The Morgan fingerprint density at radius 3 is 2.44 bits per heavy atom. The van der Waals surface area contributed by atoms with Crippen molar-refractivity contribution in [1.82, 2.24) is 5.32 Å². The minimum atomic E-state index is -2.73. The average Bonchev–Trinajstić information content (AvgIpc) is 2.53. The van der Waals surface area contributed by atoms with Gasteiger partial charge < -0.3 is 5.32 Å². The van der Waals surface area contributed by atoms with Gasteiger partial charge in [0.15, 0.2) is 9.84 Å². The summed E-state index contributed by atoms with van der Waals surface area (Å²) in [5.41, 5.74) is 0. The molecule has 2 atom stereocenters. The highest BCUT2D eigenvalue weighted by molar-refractivity contribution is 7.91. The molecule has 0 amide bonds. The zero-order chi connectivity index (χ0) is 12.2. The van der Waals surface area contributed by atoms with E-state index in [-0.39, 0.29) is 0 Å². The van der Waals surface area contributed by atoms with Gasteiger partial charge in [0.1, 0.15) is 0 Å². The molecule has 1 fully saturated rings. The summed E-state index contributed by atoms with van der Waals surface area (Å²) in [6.07, 6.45) is 3.22. The predicted octanol–water partition coefficient (Wildman–Crippen LogP) is 1.69. The van der Waals surface area contributed by atoms with E-state index in [9.17, 15) is 8.42 Å². The van der Waals surface area contributed by atoms with Crippen molar-refractivity contribution in [2.75, 3.05) is 25.1 Å². The Labute approximate surface area is 99.9 Å². The van der Waals surface area contributed by atoms with Gasteiger partial charge in [0.05, 0.1) is 11.5 Å². The maximum Gasteiger partial charge on any atom is 0.150 e. The van der Waals surface area contributed by atoms with Crippen molar-refractivity contribution in [3.05, 3.63) is 0 Å². The number of hydrogen-bond donors (Lipinski definition) is 1. The minimum absolute atomic E-state index is 0.385. The van der Waals surface area contributed by atoms with E-state index in [0.717, 1.165) is 19.4 Å². The van der Waals surface area contributed by atoms with Crippen molar-refractivity contribution in [2.45, 2.75) is 33.1 Å². The standard InChI is InChI=1S/C12H25NO2S/c1-10(2)4-5-11(8-13-3)12-6-7-16(14,15)9-12/h10-13H,4-9H2,1-3H3. The second kappa shape index (κ2) is 6.01. The number of nitrogens with one attached hydrogen (secondary N) is 1. The quantitative estimate of drug-likeness (QED) is 0.777. The van der Waals surface area contributed by atoms with Crippen LogP contribution in [-0.2, 0) is 9.84 Å². The third-order valence-electron chi connectivity index (χ3n) is 3.52. The number of hydrogen-bond acceptors (Lipinski definition) is 3. The third-order valence-corrected chi connectivity index (χ3v) is 5.31. The molecule has 16 heavy (non-hydrogen) atoms. The van der Waals surface area contributed by atoms with E-state index in [1.54, 1.807) is 0 Å². The molecular formula is C12H25NO2S. The van der Waals surface area contributed by atoms with Crippen molar-refractivity contribution in [3.8, 4) is 0 Å². The summed E-state index contributed by atoms with van der Waals surface area (Å²) in [5.74, 6) is 2.44. The Hall–Kier alpha value is -0.0900. The van der Waals surface area contributed by atoms with Gasteiger partial charge in [-0.2, -0.15) is 0 Å². The maximum absolute atomic E-state index is 11.5. The molecule has 0 radical (unpaired) electrons. The molecule has 1 aliphatic heterocycles. The molecule has 1 saturated heterocycles. The van der Waals surface area contributed by atoms with Gasteiger partial charge in [-0.25, -0.2) is 8.42 Å². The molecule has 4 heteroatoms. The molecule has 0 aromatic rings. The molecule has 3 nitrogen and oxygen atoms in total. The lowest BCUT2D eigenvalue weighted by Crippen LogP contribution is -2.27. The third kappa shape index (κ3) is 4.42. The average molecular weight is 247 g/mol. The first kappa shape index (κ1) is 14.0. The van der Waals surface area contributed by atoms with Gasteiger partial charge in [-0.1, -0.05) is 20.3 Å². The maximum atomic E-state index is 11.5. The van der Waals surface area contributed by atoms with Crippen molar-refractivity contribution in [2.24, 2.45) is 17.8 Å². The van der Waals surface area contributed by atoms with Crippen molar-refractivity contribution in [3.63, 3.8) is 0 Å². The van der Waals surface area contributed by atoms with Crippen LogP contribution < -0.4 is 5.32 Å². The zero-order valence-corrected chi connectivity index (χ0v) is 11.5. The van der Waals surface area contributed by atoms with E-state index in [1.165, 1.54) is 6.42 Å². The second-order valence-electron chi connectivity index (χ2n) is 5.45. The van der Waals surface area contributed by atoms with Crippen LogP contribution in [0.1, 0.15) is 33.1 Å². The molecule has 0 aliphatic carbocycles. The molecule has 1 rings (SSSR count). The minimum Gasteiger partial charge on any atom is -0.319 e. The van der Waals surface area contributed by atoms with E-state index in [2.05, 4.69) is 19.2 Å². The fourth-order valence-corrected chi connectivity index (χ4v) is 4.43. The summed E-state index contributed by atoms with van der Waals surface area (Å²) in [5, 5.41) is 3.20.